The third-order valence-electron chi connectivity index (χ3n) is 5.84. The van der Waals surface area contributed by atoms with Crippen LogP contribution in [0.5, 0.6) is 0 Å². The van der Waals surface area contributed by atoms with Crippen LogP contribution < -0.4 is 5.56 Å². The smallest absolute Gasteiger partial charge is 0.249 e. The topological polar surface area (TPSA) is 67.9 Å². The quantitative estimate of drug-likeness (QED) is 0.465. The van der Waals surface area contributed by atoms with Crippen molar-refractivity contribution in [2.24, 2.45) is 0 Å². The Hall–Kier alpha value is -1.18. The molecule has 0 spiro atoms. The summed E-state index contributed by atoms with van der Waals surface area (Å²) in [5.74, 6) is 0.256. The summed E-state index contributed by atoms with van der Waals surface area (Å²) in [6.45, 7) is 11.5. The Kier molecular flexibility index (Phi) is 5.34. The van der Waals surface area contributed by atoms with Crippen molar-refractivity contribution in [2.75, 3.05) is 6.26 Å². The van der Waals surface area contributed by atoms with Crippen LogP contribution in [0.1, 0.15) is 51.6 Å². The lowest BCUT2D eigenvalue weighted by atomic mass is 9.98. The minimum absolute atomic E-state index is 0.130. The van der Waals surface area contributed by atoms with Gasteiger partial charge in [0.05, 0.1) is 11.8 Å². The number of nitrogens with zero attached hydrogens (tertiary/aromatic N) is 2. The van der Waals surface area contributed by atoms with Gasteiger partial charge in [-0.3, -0.25) is 4.79 Å². The van der Waals surface area contributed by atoms with Gasteiger partial charge in [-0.15, -0.1) is 0 Å². The number of thioether (sulfide) groups is 1. The first-order chi connectivity index (χ1) is 12.1. The molecule has 0 saturated heterocycles. The molecule has 1 saturated carbocycles. The number of fused-ring (bicyclic) bond motifs is 1. The fourth-order valence-electron chi connectivity index (χ4n) is 3.35. The van der Waals surface area contributed by atoms with Gasteiger partial charge in [0, 0.05) is 17.4 Å². The summed E-state index contributed by atoms with van der Waals surface area (Å²) >= 11 is 1.50. The summed E-state index contributed by atoms with van der Waals surface area (Å²) in [5, 5.41) is 1.83. The van der Waals surface area contributed by atoms with Gasteiger partial charge in [-0.1, -0.05) is 39.0 Å². The summed E-state index contributed by atoms with van der Waals surface area (Å²) in [7, 11) is -1.85. The molecule has 1 N–H and O–H groups in total. The predicted octanol–water partition coefficient (Wildman–Crippen LogP) is 4.70. The predicted molar refractivity (Wildman–Crippen MR) is 111 cm³/mol. The second-order valence-electron chi connectivity index (χ2n) is 8.63. The van der Waals surface area contributed by atoms with Gasteiger partial charge in [-0.25, -0.2) is 9.97 Å². The van der Waals surface area contributed by atoms with Gasteiger partial charge in [0.25, 0.3) is 0 Å². The van der Waals surface area contributed by atoms with Crippen LogP contribution in [0.2, 0.25) is 18.1 Å². The van der Waals surface area contributed by atoms with Crippen LogP contribution in [-0.2, 0) is 4.43 Å². The lowest BCUT2D eigenvalue weighted by Crippen LogP contribution is -2.44. The lowest BCUT2D eigenvalue weighted by molar-refractivity contribution is 0.169. The highest BCUT2D eigenvalue weighted by Gasteiger charge is 2.43. The zero-order valence-electron chi connectivity index (χ0n) is 16.5. The normalized spacial score (nSPS) is 21.5. The maximum Gasteiger partial charge on any atom is 0.249 e. The van der Waals surface area contributed by atoms with Crippen molar-refractivity contribution >= 4 is 31.1 Å². The fourth-order valence-corrected chi connectivity index (χ4v) is 5.12. The first-order valence-corrected chi connectivity index (χ1v) is 13.4. The van der Waals surface area contributed by atoms with E-state index in [1.807, 2.05) is 12.3 Å². The van der Waals surface area contributed by atoms with Crippen LogP contribution in [0.3, 0.4) is 0 Å². The van der Waals surface area contributed by atoms with E-state index in [0.717, 1.165) is 30.3 Å². The molecule has 0 aliphatic heterocycles. The van der Waals surface area contributed by atoms with Crippen LogP contribution in [0, 0.1) is 0 Å². The summed E-state index contributed by atoms with van der Waals surface area (Å²) in [5.41, 5.74) is 1.52. The fraction of sp³-hybridized carbons (Fsp3) is 0.632. The van der Waals surface area contributed by atoms with E-state index in [-0.39, 0.29) is 22.6 Å². The molecule has 142 valence electrons. The van der Waals surface area contributed by atoms with Crippen LogP contribution in [-0.4, -0.2) is 35.6 Å². The maximum absolute atomic E-state index is 11.7. The Morgan fingerprint density at radius 1 is 1.23 bits per heavy atom. The van der Waals surface area contributed by atoms with Crippen LogP contribution in [0.4, 0.5) is 0 Å². The molecule has 1 aliphatic carbocycles. The van der Waals surface area contributed by atoms with E-state index < -0.39 is 8.32 Å². The van der Waals surface area contributed by atoms with Crippen molar-refractivity contribution in [3.8, 4) is 0 Å². The first-order valence-electron chi connectivity index (χ1n) is 9.25. The standard InChI is InChI=1S/C19H29N3O2SSi/c1-19(2,3)26(5,6)24-14-9-7-8-12(14)16-13-10-11-15(23)20-17(13)22-18(21-16)25-4/h10-12,14H,7-9H2,1-6H3,(H,20,21,22,23). The Morgan fingerprint density at radius 3 is 2.62 bits per heavy atom. The molecule has 5 nitrogen and oxygen atoms in total. The number of aromatic amines is 1. The van der Waals surface area contributed by atoms with Crippen molar-refractivity contribution in [3.05, 3.63) is 28.2 Å². The van der Waals surface area contributed by atoms with E-state index >= 15 is 0 Å². The summed E-state index contributed by atoms with van der Waals surface area (Å²) in [4.78, 5) is 23.9. The average molecular weight is 392 g/mol. The number of pyridine rings is 1. The molecule has 0 radical (unpaired) electrons. The molecule has 1 fully saturated rings. The molecular formula is C19H29N3O2SSi. The lowest BCUT2D eigenvalue weighted by Gasteiger charge is -2.40. The molecule has 3 rings (SSSR count). The minimum Gasteiger partial charge on any atom is -0.413 e. The highest BCUT2D eigenvalue weighted by molar-refractivity contribution is 7.98. The molecular weight excluding hydrogens is 362 g/mol. The Bertz CT molecular complexity index is 860. The molecule has 0 bridgehead atoms. The van der Waals surface area contributed by atoms with Crippen LogP contribution in [0.15, 0.2) is 22.1 Å². The molecule has 2 unspecified atom stereocenters. The summed E-state index contributed by atoms with van der Waals surface area (Å²) in [6.07, 6.45) is 5.44. The number of rotatable bonds is 4. The maximum atomic E-state index is 11.7. The van der Waals surface area contributed by atoms with Crippen LogP contribution >= 0.6 is 11.8 Å². The Labute approximate surface area is 160 Å². The highest BCUT2D eigenvalue weighted by atomic mass is 32.2. The van der Waals surface area contributed by atoms with Crippen molar-refractivity contribution in [1.29, 1.82) is 0 Å². The average Bonchev–Trinajstić information content (AvgIpc) is 2.99. The monoisotopic (exact) mass is 391 g/mol. The van der Waals surface area contributed by atoms with Crippen molar-refractivity contribution in [2.45, 2.75) is 75.3 Å². The van der Waals surface area contributed by atoms with Crippen molar-refractivity contribution in [1.82, 2.24) is 15.0 Å². The number of hydrogen-bond donors (Lipinski definition) is 1. The number of aromatic nitrogens is 3. The van der Waals surface area contributed by atoms with Crippen molar-refractivity contribution in [3.63, 3.8) is 0 Å². The van der Waals surface area contributed by atoms with Gasteiger partial charge in [-0.2, -0.15) is 0 Å². The van der Waals surface area contributed by atoms with Gasteiger partial charge in [0.2, 0.25) is 5.56 Å². The first kappa shape index (κ1) is 19.6. The van der Waals surface area contributed by atoms with E-state index in [4.69, 9.17) is 9.41 Å². The third kappa shape index (κ3) is 3.75. The molecule has 1 aliphatic rings. The number of H-pyrrole nitrogens is 1. The van der Waals surface area contributed by atoms with Gasteiger partial charge in [0.15, 0.2) is 13.5 Å². The second-order valence-corrected chi connectivity index (χ2v) is 14.2. The zero-order chi connectivity index (χ0) is 19.1. The number of nitrogens with one attached hydrogen (secondary N) is 1. The summed E-state index contributed by atoms with van der Waals surface area (Å²) in [6, 6.07) is 3.42. The molecule has 7 heteroatoms. The Balaban J connectivity index is 2.03. The summed E-state index contributed by atoms with van der Waals surface area (Å²) < 4.78 is 6.78. The van der Waals surface area contributed by atoms with Gasteiger partial charge in [0.1, 0.15) is 5.65 Å². The number of hydrogen-bond acceptors (Lipinski definition) is 5. The second kappa shape index (κ2) is 7.09. The molecule has 2 heterocycles. The van der Waals surface area contributed by atoms with E-state index in [9.17, 15) is 4.79 Å². The molecule has 2 atom stereocenters. The van der Waals surface area contributed by atoms with E-state index in [1.54, 1.807) is 6.07 Å². The SMILES string of the molecule is CSc1nc(C2CCCC2O[Si](C)(C)C(C)(C)C)c2ccc(=O)[nH]c2n1. The van der Waals surface area contributed by atoms with Gasteiger partial charge in [-0.05, 0) is 43.3 Å². The third-order valence-corrected chi connectivity index (χ3v) is 10.9. The van der Waals surface area contributed by atoms with Crippen molar-refractivity contribution < 1.29 is 4.43 Å². The highest BCUT2D eigenvalue weighted by Crippen LogP contribution is 2.44. The van der Waals surface area contributed by atoms with Gasteiger partial charge >= 0.3 is 0 Å². The van der Waals surface area contributed by atoms with Gasteiger partial charge < -0.3 is 9.41 Å². The molecule has 0 aromatic carbocycles. The van der Waals surface area contributed by atoms with E-state index in [0.29, 0.717) is 10.8 Å². The molecule has 0 amide bonds. The minimum atomic E-state index is -1.85. The van der Waals surface area contributed by atoms with Crippen LogP contribution in [0.25, 0.3) is 11.0 Å². The molecule has 2 aromatic rings. The van der Waals surface area contributed by atoms with E-state index in [2.05, 4.69) is 43.8 Å². The largest absolute Gasteiger partial charge is 0.413 e. The molecule has 2 aromatic heterocycles. The Morgan fingerprint density at radius 2 is 1.96 bits per heavy atom. The molecule has 26 heavy (non-hydrogen) atoms. The van der Waals surface area contributed by atoms with E-state index in [1.165, 1.54) is 11.8 Å². The zero-order valence-corrected chi connectivity index (χ0v) is 18.4.